The van der Waals surface area contributed by atoms with Crippen LogP contribution >= 0.6 is 0 Å². The Bertz CT molecular complexity index is 2700. The molecule has 7 rings (SSSR count). The van der Waals surface area contributed by atoms with Gasteiger partial charge in [0.1, 0.15) is 36.8 Å². The van der Waals surface area contributed by atoms with E-state index < -0.39 is 40.0 Å². The van der Waals surface area contributed by atoms with Crippen molar-refractivity contribution in [1.82, 2.24) is 10.2 Å². The zero-order valence-electron chi connectivity index (χ0n) is 37.7. The third kappa shape index (κ3) is 19.0. The summed E-state index contributed by atoms with van der Waals surface area (Å²) in [4.78, 5) is 63.1. The lowest BCUT2D eigenvalue weighted by molar-refractivity contribution is -0.149. The molecule has 6 aromatic carbocycles. The smallest absolute Gasteiger partial charge is 0.329 e. The number of aromatic hydroxyl groups is 2. The molecule has 0 fully saturated rings. The highest BCUT2D eigenvalue weighted by Gasteiger charge is 2.34. The number of carbonyl (C=O) groups excluding carboxylic acids is 5. The van der Waals surface area contributed by atoms with Crippen LogP contribution in [0.15, 0.2) is 163 Å². The van der Waals surface area contributed by atoms with Crippen molar-refractivity contribution in [1.29, 1.82) is 0 Å². The first kappa shape index (κ1) is 57.6. The van der Waals surface area contributed by atoms with Gasteiger partial charge in [-0.2, -0.15) is 8.42 Å². The summed E-state index contributed by atoms with van der Waals surface area (Å²) in [6, 6.07) is 42.6. The van der Waals surface area contributed by atoms with Gasteiger partial charge in [-0.1, -0.05) is 130 Å². The number of nitrogens with zero attached hydrogens (tertiary/aromatic N) is 1. The number of rotatable bonds is 18. The van der Waals surface area contributed by atoms with Crippen LogP contribution < -0.4 is 11.1 Å². The molecule has 2 atom stereocenters. The molecule has 376 valence electrons. The normalized spacial score (nSPS) is 12.2. The molecule has 1 aliphatic rings. The molecule has 0 aliphatic carbocycles. The van der Waals surface area contributed by atoms with E-state index in [0.717, 1.165) is 32.7 Å². The molecule has 6 aromatic rings. The van der Waals surface area contributed by atoms with Crippen LogP contribution in [0.1, 0.15) is 69.8 Å². The maximum absolute atomic E-state index is 12.8. The maximum atomic E-state index is 12.8. The Hall–Kier alpha value is -7.70. The van der Waals surface area contributed by atoms with E-state index >= 15 is 0 Å². The number of imide groups is 1. The molecule has 17 heteroatoms. The van der Waals surface area contributed by atoms with E-state index in [1.54, 1.807) is 72.8 Å². The third-order valence-electron chi connectivity index (χ3n) is 10.3. The first-order valence-corrected chi connectivity index (χ1v) is 23.1. The number of phenolic OH excluding ortho intramolecular Hbond substituents is 2. The minimum absolute atomic E-state index is 0. The average Bonchev–Trinajstić information content (AvgIpc) is 3.59. The second-order valence-electron chi connectivity index (χ2n) is 15.6. The van der Waals surface area contributed by atoms with Gasteiger partial charge in [0.15, 0.2) is 0 Å². The van der Waals surface area contributed by atoms with Crippen LogP contribution in [0.2, 0.25) is 0 Å². The Morgan fingerprint density at radius 2 is 1.06 bits per heavy atom. The number of aryl methyl sites for hydroxylation is 1. The van der Waals surface area contributed by atoms with Gasteiger partial charge in [0.05, 0.1) is 35.8 Å². The first-order valence-electron chi connectivity index (χ1n) is 21.7. The summed E-state index contributed by atoms with van der Waals surface area (Å²) in [6.45, 7) is 2.33. The van der Waals surface area contributed by atoms with Gasteiger partial charge in [-0.05, 0) is 84.1 Å². The Morgan fingerprint density at radius 3 is 1.54 bits per heavy atom. The number of fused-ring (bicyclic) bond motifs is 1. The van der Waals surface area contributed by atoms with Crippen LogP contribution in [0, 0.1) is 6.92 Å². The molecule has 3 amide bonds. The van der Waals surface area contributed by atoms with Crippen molar-refractivity contribution in [2.75, 3.05) is 19.8 Å². The Balaban J connectivity index is 0.000000335. The molecular weight excluding hydrogens is 931 g/mol. The largest absolute Gasteiger partial charge is 0.508 e. The van der Waals surface area contributed by atoms with Crippen LogP contribution in [0.4, 0.5) is 0 Å². The van der Waals surface area contributed by atoms with Crippen LogP contribution in [0.3, 0.4) is 0 Å². The number of esters is 2. The van der Waals surface area contributed by atoms with Crippen molar-refractivity contribution in [3.8, 4) is 11.5 Å². The van der Waals surface area contributed by atoms with Gasteiger partial charge in [0, 0.05) is 12.8 Å². The molecule has 1 heterocycles. The summed E-state index contributed by atoms with van der Waals surface area (Å²) in [5, 5.41) is 21.4. The van der Waals surface area contributed by atoms with Crippen LogP contribution in [-0.2, 0) is 64.8 Å². The molecule has 0 bridgehead atoms. The minimum Gasteiger partial charge on any atom is -0.508 e. The van der Waals surface area contributed by atoms with E-state index in [4.69, 9.17) is 24.5 Å². The number of nitrogens with one attached hydrogen (secondary N) is 1. The van der Waals surface area contributed by atoms with Crippen molar-refractivity contribution in [3.63, 3.8) is 0 Å². The first-order chi connectivity index (χ1) is 33.1. The zero-order valence-corrected chi connectivity index (χ0v) is 38.5. The number of ether oxygens (including phenoxy) is 3. The number of hydrogen-bond donors (Lipinski definition) is 5. The quantitative estimate of drug-likeness (QED) is 0.0244. The van der Waals surface area contributed by atoms with Gasteiger partial charge >= 0.3 is 11.9 Å². The lowest BCUT2D eigenvalue weighted by Crippen LogP contribution is -2.43. The van der Waals surface area contributed by atoms with Crippen molar-refractivity contribution in [2.24, 2.45) is 5.73 Å². The predicted octanol–water partition coefficient (Wildman–Crippen LogP) is 7.39. The number of amides is 3. The summed E-state index contributed by atoms with van der Waals surface area (Å²) >= 11 is 0. The van der Waals surface area contributed by atoms with E-state index in [1.807, 2.05) is 67.6 Å². The Kier molecular flexibility index (Phi) is 23.3. The van der Waals surface area contributed by atoms with Crippen molar-refractivity contribution in [2.45, 2.75) is 71.2 Å². The van der Waals surface area contributed by atoms with Crippen molar-refractivity contribution < 1.29 is 61.4 Å². The van der Waals surface area contributed by atoms with Gasteiger partial charge in [0.2, 0.25) is 5.91 Å². The highest BCUT2D eigenvalue weighted by Crippen LogP contribution is 2.22. The maximum Gasteiger partial charge on any atom is 0.329 e. The van der Waals surface area contributed by atoms with Crippen molar-refractivity contribution >= 4 is 39.8 Å². The fourth-order valence-electron chi connectivity index (χ4n) is 6.54. The monoisotopic (exact) mass is 991 g/mol. The zero-order chi connectivity index (χ0) is 49.8. The molecule has 0 spiro atoms. The summed E-state index contributed by atoms with van der Waals surface area (Å²) in [5.74, 6) is -1.86. The van der Waals surface area contributed by atoms with Crippen LogP contribution in [-0.4, -0.2) is 89.6 Å². The predicted molar refractivity (Wildman–Crippen MR) is 268 cm³/mol. The van der Waals surface area contributed by atoms with Gasteiger partial charge in [-0.15, -0.1) is 0 Å². The minimum atomic E-state index is -4.02. The van der Waals surface area contributed by atoms with Gasteiger partial charge in [-0.3, -0.25) is 28.6 Å². The number of benzene rings is 6. The van der Waals surface area contributed by atoms with Crippen molar-refractivity contribution in [3.05, 3.63) is 197 Å². The standard InChI is InChI=1S/C29H28N2O7.C16H17NO3.C7H8O3S.2CH4/c32-22-12-10-20(11-13-22)18-25(29(36)38-19-21-6-2-1-3-7-21)30-26(33)14-16-37-17-15-31-27(34)23-8-4-5-9-24(23)28(31)35;17-15(10-12-6-8-14(18)9-7-12)16(19)20-11-13-4-2-1-3-5-13;1-6-2-4-7(5-3-6)11(8,9)10;;/h1-13,25,32H,14-19H2,(H,30,33);1-9,15,18H,10-11,17H2;2-5H,1H3,(H,8,9,10);2*1H4/t25-;15-;;;/m00.../s1. The van der Waals surface area contributed by atoms with E-state index in [0.29, 0.717) is 17.5 Å². The highest BCUT2D eigenvalue weighted by molar-refractivity contribution is 7.85. The number of hydrogen-bond acceptors (Lipinski definition) is 13. The van der Waals surface area contributed by atoms with E-state index in [1.165, 1.54) is 24.3 Å². The molecular formula is C54H61N3O13S. The summed E-state index contributed by atoms with van der Waals surface area (Å²) in [7, 11) is -4.02. The molecule has 0 aromatic heterocycles. The van der Waals surface area contributed by atoms with Gasteiger partial charge in [0.25, 0.3) is 21.9 Å². The van der Waals surface area contributed by atoms with E-state index in [9.17, 15) is 42.6 Å². The highest BCUT2D eigenvalue weighted by atomic mass is 32.2. The lowest BCUT2D eigenvalue weighted by Gasteiger charge is -2.18. The third-order valence-corrected chi connectivity index (χ3v) is 11.1. The summed E-state index contributed by atoms with van der Waals surface area (Å²) in [5.41, 5.74) is 10.9. The number of carbonyl (C=O) groups is 5. The molecule has 1 aliphatic heterocycles. The van der Waals surface area contributed by atoms with Gasteiger partial charge in [-0.25, -0.2) is 4.79 Å². The fourth-order valence-corrected chi connectivity index (χ4v) is 7.02. The number of phenols is 2. The average molecular weight is 992 g/mol. The van der Waals surface area contributed by atoms with E-state index in [2.05, 4.69) is 5.32 Å². The van der Waals surface area contributed by atoms with Crippen LogP contribution in [0.25, 0.3) is 0 Å². The Labute approximate surface area is 414 Å². The molecule has 0 saturated carbocycles. The number of nitrogens with two attached hydrogens (primary N) is 1. The summed E-state index contributed by atoms with van der Waals surface area (Å²) in [6.07, 6.45) is 0.536. The topological polar surface area (TPSA) is 249 Å². The lowest BCUT2D eigenvalue weighted by atomic mass is 10.1. The van der Waals surface area contributed by atoms with Gasteiger partial charge < -0.3 is 35.5 Å². The molecule has 6 N–H and O–H groups in total. The summed E-state index contributed by atoms with van der Waals surface area (Å²) < 4.78 is 45.6. The second-order valence-corrected chi connectivity index (χ2v) is 17.0. The van der Waals surface area contributed by atoms with E-state index in [-0.39, 0.29) is 88.9 Å². The molecule has 71 heavy (non-hydrogen) atoms. The molecule has 0 radical (unpaired) electrons. The van der Waals surface area contributed by atoms with Crippen LogP contribution in [0.5, 0.6) is 11.5 Å². The molecule has 0 unspecified atom stereocenters. The molecule has 16 nitrogen and oxygen atoms in total. The molecule has 0 saturated heterocycles. The SMILES string of the molecule is C.C.Cc1ccc(S(=O)(=O)O)cc1.N[C@@H](Cc1ccc(O)cc1)C(=O)OCc1ccccc1.O=C(CCOCCN1C(=O)c2ccccc2C1=O)N[C@@H](Cc1ccc(O)cc1)C(=O)OCc1ccccc1. The fraction of sp³-hybridized carbons (Fsp3) is 0.241. The second kappa shape index (κ2) is 28.7. The Morgan fingerprint density at radius 1 is 0.606 bits per heavy atom.